The Labute approximate surface area is 194 Å². The average Bonchev–Trinajstić information content (AvgIpc) is 2.86. The molecule has 0 bridgehead atoms. The Morgan fingerprint density at radius 3 is 2.33 bits per heavy atom. The molecule has 1 amide bonds. The van der Waals surface area contributed by atoms with E-state index in [0.29, 0.717) is 18.9 Å². The van der Waals surface area contributed by atoms with Gasteiger partial charge >= 0.3 is 6.18 Å². The number of benzene rings is 1. The first kappa shape index (κ1) is 26.0. The van der Waals surface area contributed by atoms with E-state index in [-0.39, 0.29) is 43.9 Å². The number of alkyl halides is 5. The molecule has 6 nitrogen and oxygen atoms in total. The molecule has 13 heteroatoms. The van der Waals surface area contributed by atoms with Crippen LogP contribution in [0.3, 0.4) is 0 Å². The summed E-state index contributed by atoms with van der Waals surface area (Å²) in [5, 5.41) is 2.03. The molecular weight excluding hydrogens is 493 g/mol. The average molecular weight is 518 g/mol. The van der Waals surface area contributed by atoms with Crippen LogP contribution in [-0.4, -0.2) is 63.0 Å². The lowest BCUT2D eigenvalue weighted by atomic mass is 10.0. The van der Waals surface area contributed by atoms with Crippen LogP contribution < -0.4 is 10.2 Å². The Kier molecular flexibility index (Phi) is 7.50. The van der Waals surface area contributed by atoms with Crippen molar-refractivity contribution in [2.24, 2.45) is 0 Å². The van der Waals surface area contributed by atoms with Crippen molar-refractivity contribution >= 4 is 33.2 Å². The van der Waals surface area contributed by atoms with E-state index < -0.39 is 57.5 Å². The molecule has 0 atom stereocenters. The van der Waals surface area contributed by atoms with Gasteiger partial charge in [-0.1, -0.05) is 11.6 Å². The number of amides is 1. The van der Waals surface area contributed by atoms with Crippen molar-refractivity contribution in [3.8, 4) is 0 Å². The number of nitrogens with one attached hydrogen (secondary N) is 1. The molecule has 33 heavy (non-hydrogen) atoms. The Hall–Kier alpha value is -1.66. The second-order valence-electron chi connectivity index (χ2n) is 8.43. The number of nitrogens with zero attached hydrogens (tertiary/aromatic N) is 2. The molecule has 2 aliphatic rings. The van der Waals surface area contributed by atoms with E-state index in [9.17, 15) is 35.2 Å². The molecule has 0 aromatic heterocycles. The minimum Gasteiger partial charge on any atom is -0.369 e. The number of carbonyl (C=O) groups excluding carboxylic acids is 1. The number of hydrogen-bond acceptors (Lipinski definition) is 4. The van der Waals surface area contributed by atoms with Gasteiger partial charge in [-0.3, -0.25) is 4.79 Å². The molecule has 0 unspecified atom stereocenters. The Morgan fingerprint density at radius 1 is 1.12 bits per heavy atom. The lowest BCUT2D eigenvalue weighted by molar-refractivity contribution is -0.137. The van der Waals surface area contributed by atoms with E-state index in [0.717, 1.165) is 12.3 Å². The Bertz CT molecular complexity index is 995. The fourth-order valence-corrected chi connectivity index (χ4v) is 5.42. The van der Waals surface area contributed by atoms with E-state index >= 15 is 0 Å². The van der Waals surface area contributed by atoms with Crippen molar-refractivity contribution in [2.45, 2.75) is 50.2 Å². The summed E-state index contributed by atoms with van der Waals surface area (Å²) in [4.78, 5) is 14.3. The second kappa shape index (κ2) is 9.53. The van der Waals surface area contributed by atoms with Crippen molar-refractivity contribution in [3.63, 3.8) is 0 Å². The van der Waals surface area contributed by atoms with Crippen molar-refractivity contribution in [1.82, 2.24) is 9.62 Å². The number of rotatable bonds is 4. The minimum atomic E-state index is -4.78. The first-order valence-corrected chi connectivity index (χ1v) is 12.7. The predicted molar refractivity (Wildman–Crippen MR) is 114 cm³/mol. The summed E-state index contributed by atoms with van der Waals surface area (Å²) in [6, 6.07) is 1.32. The van der Waals surface area contributed by atoms with Crippen molar-refractivity contribution in [1.29, 1.82) is 0 Å². The monoisotopic (exact) mass is 517 g/mol. The fourth-order valence-electron chi connectivity index (χ4n) is 4.16. The summed E-state index contributed by atoms with van der Waals surface area (Å²) < 4.78 is 92.7. The Morgan fingerprint density at radius 2 is 1.76 bits per heavy atom. The van der Waals surface area contributed by atoms with E-state index in [2.05, 4.69) is 5.32 Å². The molecule has 0 saturated carbocycles. The number of anilines is 1. The summed E-state index contributed by atoms with van der Waals surface area (Å²) in [5.74, 6) is -3.63. The maximum atomic E-state index is 13.8. The van der Waals surface area contributed by atoms with Crippen molar-refractivity contribution in [3.05, 3.63) is 28.3 Å². The quantitative estimate of drug-likeness (QED) is 0.610. The van der Waals surface area contributed by atoms with Crippen LogP contribution in [0.4, 0.5) is 27.6 Å². The Balaban J connectivity index is 1.88. The van der Waals surface area contributed by atoms with Crippen LogP contribution in [0.1, 0.15) is 48.0 Å². The second-order valence-corrected chi connectivity index (χ2v) is 10.8. The van der Waals surface area contributed by atoms with Gasteiger partial charge in [0.2, 0.25) is 15.9 Å². The molecule has 2 fully saturated rings. The highest BCUT2D eigenvalue weighted by molar-refractivity contribution is 7.88. The molecule has 0 radical (unpaired) electrons. The molecule has 2 saturated heterocycles. The predicted octanol–water partition coefficient (Wildman–Crippen LogP) is 4.14. The van der Waals surface area contributed by atoms with Crippen molar-refractivity contribution < 1.29 is 35.2 Å². The molecule has 3 rings (SSSR count). The van der Waals surface area contributed by atoms with Gasteiger partial charge in [-0.25, -0.2) is 21.5 Å². The van der Waals surface area contributed by atoms with E-state index in [1.54, 1.807) is 0 Å². The lowest BCUT2D eigenvalue weighted by Crippen LogP contribution is -2.46. The van der Waals surface area contributed by atoms with Crippen LogP contribution in [0, 0.1) is 0 Å². The highest BCUT2D eigenvalue weighted by atomic mass is 35.5. The normalized spacial score (nSPS) is 21.0. The van der Waals surface area contributed by atoms with Crippen LogP contribution in [-0.2, 0) is 16.2 Å². The third-order valence-corrected chi connectivity index (χ3v) is 7.64. The van der Waals surface area contributed by atoms with Gasteiger partial charge in [0, 0.05) is 45.1 Å². The third-order valence-electron chi connectivity index (χ3n) is 5.96. The van der Waals surface area contributed by atoms with E-state index in [1.807, 2.05) is 0 Å². The first-order valence-electron chi connectivity index (χ1n) is 10.5. The first-order chi connectivity index (χ1) is 15.2. The number of hydrogen-bond donors (Lipinski definition) is 1. The SMILES string of the molecule is CS(=O)(=O)N1CCC(NC(=O)c2ccc(C(F)(F)F)c(Cl)c2N2CCCC(F)(F)CC2)CC1. The largest absolute Gasteiger partial charge is 0.417 e. The highest BCUT2D eigenvalue weighted by Crippen LogP contribution is 2.43. The van der Waals surface area contributed by atoms with Crippen LogP contribution in [0.2, 0.25) is 5.02 Å². The zero-order valence-corrected chi connectivity index (χ0v) is 19.5. The smallest absolute Gasteiger partial charge is 0.369 e. The molecule has 2 aliphatic heterocycles. The standard InChI is InChI=1S/C20H25ClF5N3O3S/c1-33(31,32)29-10-5-13(6-11-29)27-18(30)14-3-4-15(20(24,25)26)16(21)17(14)28-9-2-7-19(22,23)8-12-28/h3-4,13H,2,5-12H2,1H3,(H,27,30). The van der Waals surface area contributed by atoms with E-state index in [1.165, 1.54) is 9.21 Å². The molecule has 186 valence electrons. The molecule has 1 aromatic carbocycles. The van der Waals surface area contributed by atoms with Gasteiger partial charge < -0.3 is 10.2 Å². The molecule has 0 aliphatic carbocycles. The molecule has 1 N–H and O–H groups in total. The van der Waals surface area contributed by atoms with Crippen LogP contribution >= 0.6 is 11.6 Å². The van der Waals surface area contributed by atoms with E-state index in [4.69, 9.17) is 11.6 Å². The lowest BCUT2D eigenvalue weighted by Gasteiger charge is -2.32. The number of halogens is 6. The molecular formula is C20H25ClF5N3O3S. The van der Waals surface area contributed by atoms with Gasteiger partial charge in [-0.2, -0.15) is 13.2 Å². The topological polar surface area (TPSA) is 69.7 Å². The molecule has 0 spiro atoms. The third kappa shape index (κ3) is 6.27. The number of carbonyl (C=O) groups is 1. The van der Waals surface area contributed by atoms with Gasteiger partial charge in [0.05, 0.1) is 28.1 Å². The molecule has 2 heterocycles. The van der Waals surface area contributed by atoms with Crippen LogP contribution in [0.25, 0.3) is 0 Å². The molecule has 1 aromatic rings. The fraction of sp³-hybridized carbons (Fsp3) is 0.650. The van der Waals surface area contributed by atoms with Gasteiger partial charge in [0.25, 0.3) is 5.91 Å². The number of sulfonamides is 1. The number of piperidine rings is 1. The van der Waals surface area contributed by atoms with Gasteiger partial charge in [0.15, 0.2) is 0 Å². The summed E-state index contributed by atoms with van der Waals surface area (Å²) in [7, 11) is -3.36. The zero-order valence-electron chi connectivity index (χ0n) is 17.9. The highest BCUT2D eigenvalue weighted by Gasteiger charge is 2.38. The summed E-state index contributed by atoms with van der Waals surface area (Å²) in [5.41, 5.74) is -1.49. The van der Waals surface area contributed by atoms with Crippen molar-refractivity contribution in [2.75, 3.05) is 37.3 Å². The maximum Gasteiger partial charge on any atom is 0.417 e. The summed E-state index contributed by atoms with van der Waals surface area (Å²) >= 11 is 6.11. The van der Waals surface area contributed by atoms with Gasteiger partial charge in [-0.15, -0.1) is 0 Å². The zero-order chi connectivity index (χ0) is 24.6. The van der Waals surface area contributed by atoms with Gasteiger partial charge in [-0.05, 0) is 31.4 Å². The van der Waals surface area contributed by atoms with Crippen LogP contribution in [0.5, 0.6) is 0 Å². The maximum absolute atomic E-state index is 13.8. The van der Waals surface area contributed by atoms with Gasteiger partial charge in [0.1, 0.15) is 0 Å². The summed E-state index contributed by atoms with van der Waals surface area (Å²) in [6.07, 6.45) is -3.96. The van der Waals surface area contributed by atoms with Crippen LogP contribution in [0.15, 0.2) is 12.1 Å². The minimum absolute atomic E-state index is 0.0314. The summed E-state index contributed by atoms with van der Waals surface area (Å²) in [6.45, 7) is 0.182.